The number of hydrogen-bond donors (Lipinski definition) is 1. The molecule has 27 heavy (non-hydrogen) atoms. The van der Waals surface area contributed by atoms with E-state index in [0.29, 0.717) is 30.3 Å². The summed E-state index contributed by atoms with van der Waals surface area (Å²) in [6.07, 6.45) is 3.97. The van der Waals surface area contributed by atoms with Crippen molar-refractivity contribution in [2.45, 2.75) is 19.4 Å². The molecule has 1 atom stereocenters. The van der Waals surface area contributed by atoms with Crippen molar-refractivity contribution >= 4 is 5.91 Å². The number of carbonyl (C=O) groups is 1. The average molecular weight is 364 g/mol. The molecule has 0 spiro atoms. The highest BCUT2D eigenvalue weighted by molar-refractivity contribution is 5.95. The Balaban J connectivity index is 1.45. The van der Waals surface area contributed by atoms with Crippen molar-refractivity contribution in [1.82, 2.24) is 20.1 Å². The second kappa shape index (κ2) is 7.49. The SMILES string of the molecule is C[C@H](NC(=O)c1ccc2c(c1)OCCCO2)c1ccc(-n2cncn2)cc1. The van der Waals surface area contributed by atoms with Crippen molar-refractivity contribution in [2.24, 2.45) is 0 Å². The number of carbonyl (C=O) groups excluding carboxylic acids is 1. The van der Waals surface area contributed by atoms with Crippen LogP contribution in [0.15, 0.2) is 55.1 Å². The first-order valence-corrected chi connectivity index (χ1v) is 8.86. The summed E-state index contributed by atoms with van der Waals surface area (Å²) in [5, 5.41) is 7.12. The summed E-state index contributed by atoms with van der Waals surface area (Å²) in [5.41, 5.74) is 2.46. The number of fused-ring (bicyclic) bond motifs is 1. The summed E-state index contributed by atoms with van der Waals surface area (Å²) >= 11 is 0. The highest BCUT2D eigenvalue weighted by atomic mass is 16.5. The Morgan fingerprint density at radius 1 is 1.11 bits per heavy atom. The predicted molar refractivity (Wildman–Crippen MR) is 99.3 cm³/mol. The largest absolute Gasteiger partial charge is 0.490 e. The van der Waals surface area contributed by atoms with Gasteiger partial charge >= 0.3 is 0 Å². The van der Waals surface area contributed by atoms with Crippen LogP contribution in [0.2, 0.25) is 0 Å². The molecule has 4 rings (SSSR count). The number of amides is 1. The quantitative estimate of drug-likeness (QED) is 0.770. The summed E-state index contributed by atoms with van der Waals surface area (Å²) < 4.78 is 13.0. The fourth-order valence-electron chi connectivity index (χ4n) is 2.93. The molecule has 1 amide bonds. The maximum Gasteiger partial charge on any atom is 0.251 e. The molecule has 1 aliphatic rings. The number of nitrogens with zero attached hydrogens (tertiary/aromatic N) is 3. The average Bonchev–Trinajstić information content (AvgIpc) is 3.13. The van der Waals surface area contributed by atoms with Gasteiger partial charge in [-0.3, -0.25) is 4.79 Å². The number of benzene rings is 2. The van der Waals surface area contributed by atoms with Crippen LogP contribution in [0, 0.1) is 0 Å². The van der Waals surface area contributed by atoms with Crippen LogP contribution in [0.1, 0.15) is 35.3 Å². The van der Waals surface area contributed by atoms with Gasteiger partial charge in [-0.1, -0.05) is 12.1 Å². The number of rotatable bonds is 4. The maximum atomic E-state index is 12.6. The first-order valence-electron chi connectivity index (χ1n) is 8.86. The lowest BCUT2D eigenvalue weighted by Gasteiger charge is -2.16. The minimum absolute atomic E-state index is 0.140. The van der Waals surface area contributed by atoms with Crippen molar-refractivity contribution in [3.05, 3.63) is 66.2 Å². The van der Waals surface area contributed by atoms with Crippen molar-refractivity contribution in [3.8, 4) is 17.2 Å². The van der Waals surface area contributed by atoms with Gasteiger partial charge in [0.1, 0.15) is 12.7 Å². The van der Waals surface area contributed by atoms with Crippen LogP contribution in [0.25, 0.3) is 5.69 Å². The van der Waals surface area contributed by atoms with Crippen LogP contribution >= 0.6 is 0 Å². The van der Waals surface area contributed by atoms with E-state index in [1.165, 1.54) is 6.33 Å². The Hall–Kier alpha value is -3.35. The Bertz CT molecular complexity index is 923. The molecule has 0 radical (unpaired) electrons. The lowest BCUT2D eigenvalue weighted by atomic mass is 10.1. The van der Waals surface area contributed by atoms with E-state index in [9.17, 15) is 4.79 Å². The molecule has 2 heterocycles. The van der Waals surface area contributed by atoms with Crippen LogP contribution in [0.3, 0.4) is 0 Å². The van der Waals surface area contributed by atoms with Gasteiger partial charge in [0.15, 0.2) is 11.5 Å². The van der Waals surface area contributed by atoms with Crippen molar-refractivity contribution in [3.63, 3.8) is 0 Å². The molecule has 0 aliphatic carbocycles. The van der Waals surface area contributed by atoms with Crippen molar-refractivity contribution in [1.29, 1.82) is 0 Å². The number of nitrogens with one attached hydrogen (secondary N) is 1. The van der Waals surface area contributed by atoms with E-state index in [2.05, 4.69) is 15.4 Å². The number of aromatic nitrogens is 3. The molecule has 1 aliphatic heterocycles. The van der Waals surface area contributed by atoms with Crippen LogP contribution in [0.4, 0.5) is 0 Å². The van der Waals surface area contributed by atoms with Crippen LogP contribution < -0.4 is 14.8 Å². The van der Waals surface area contributed by atoms with Crippen LogP contribution in [0.5, 0.6) is 11.5 Å². The normalized spacial score (nSPS) is 14.3. The fourth-order valence-corrected chi connectivity index (χ4v) is 2.93. The standard InChI is InChI=1S/C20H20N4O3/c1-14(15-3-6-17(7-4-15)24-13-21-12-22-24)23-20(25)16-5-8-18-19(11-16)27-10-2-9-26-18/h3-8,11-14H,2,9-10H2,1H3,(H,23,25)/t14-/m0/s1. The van der Waals surface area contributed by atoms with E-state index in [4.69, 9.17) is 9.47 Å². The van der Waals surface area contributed by atoms with Gasteiger partial charge in [-0.2, -0.15) is 5.10 Å². The minimum atomic E-state index is -0.154. The Labute approximate surface area is 156 Å². The van der Waals surface area contributed by atoms with E-state index in [-0.39, 0.29) is 11.9 Å². The number of hydrogen-bond acceptors (Lipinski definition) is 5. The van der Waals surface area contributed by atoms with Gasteiger partial charge in [0, 0.05) is 12.0 Å². The molecule has 1 aromatic heterocycles. The van der Waals surface area contributed by atoms with Gasteiger partial charge in [-0.15, -0.1) is 0 Å². The van der Waals surface area contributed by atoms with Crippen molar-refractivity contribution < 1.29 is 14.3 Å². The van der Waals surface area contributed by atoms with E-state index < -0.39 is 0 Å². The van der Waals surface area contributed by atoms with Gasteiger partial charge in [0.25, 0.3) is 5.91 Å². The Morgan fingerprint density at radius 3 is 2.63 bits per heavy atom. The first kappa shape index (κ1) is 17.1. The molecule has 0 saturated carbocycles. The Kier molecular flexibility index (Phi) is 4.74. The monoisotopic (exact) mass is 364 g/mol. The molecular formula is C20H20N4O3. The molecule has 3 aromatic rings. The molecule has 1 N–H and O–H groups in total. The molecule has 0 unspecified atom stereocenters. The summed E-state index contributed by atoms with van der Waals surface area (Å²) in [7, 11) is 0. The summed E-state index contributed by atoms with van der Waals surface area (Å²) in [6, 6.07) is 13.0. The summed E-state index contributed by atoms with van der Waals surface area (Å²) in [6.45, 7) is 3.16. The predicted octanol–water partition coefficient (Wildman–Crippen LogP) is 2.92. The van der Waals surface area contributed by atoms with Gasteiger partial charge in [0.05, 0.1) is 24.9 Å². The van der Waals surface area contributed by atoms with E-state index in [1.807, 2.05) is 31.2 Å². The van der Waals surface area contributed by atoms with E-state index in [0.717, 1.165) is 17.7 Å². The third kappa shape index (κ3) is 3.76. The van der Waals surface area contributed by atoms with Gasteiger partial charge in [-0.05, 0) is 42.8 Å². The smallest absolute Gasteiger partial charge is 0.251 e. The second-order valence-electron chi connectivity index (χ2n) is 6.34. The summed E-state index contributed by atoms with van der Waals surface area (Å²) in [4.78, 5) is 16.6. The topological polar surface area (TPSA) is 78.3 Å². The van der Waals surface area contributed by atoms with E-state index >= 15 is 0 Å². The van der Waals surface area contributed by atoms with Crippen LogP contribution in [-0.2, 0) is 0 Å². The molecule has 0 bridgehead atoms. The molecule has 0 fully saturated rings. The summed E-state index contributed by atoms with van der Waals surface area (Å²) in [5.74, 6) is 1.14. The maximum absolute atomic E-state index is 12.6. The third-order valence-corrected chi connectivity index (χ3v) is 4.43. The van der Waals surface area contributed by atoms with Gasteiger partial charge in [0.2, 0.25) is 0 Å². The molecule has 2 aromatic carbocycles. The molecule has 7 nitrogen and oxygen atoms in total. The lowest BCUT2D eigenvalue weighted by molar-refractivity contribution is 0.0939. The molecule has 0 saturated heterocycles. The molecule has 138 valence electrons. The third-order valence-electron chi connectivity index (χ3n) is 4.43. The highest BCUT2D eigenvalue weighted by Gasteiger charge is 2.16. The van der Waals surface area contributed by atoms with Crippen molar-refractivity contribution in [2.75, 3.05) is 13.2 Å². The zero-order chi connectivity index (χ0) is 18.6. The van der Waals surface area contributed by atoms with Crippen LogP contribution in [-0.4, -0.2) is 33.9 Å². The fraction of sp³-hybridized carbons (Fsp3) is 0.250. The molecule has 7 heteroatoms. The first-order chi connectivity index (χ1) is 13.2. The van der Waals surface area contributed by atoms with E-state index in [1.54, 1.807) is 29.2 Å². The van der Waals surface area contributed by atoms with Gasteiger partial charge in [-0.25, -0.2) is 9.67 Å². The Morgan fingerprint density at radius 2 is 1.89 bits per heavy atom. The van der Waals surface area contributed by atoms with Gasteiger partial charge < -0.3 is 14.8 Å². The zero-order valence-corrected chi connectivity index (χ0v) is 15.0. The molecular weight excluding hydrogens is 344 g/mol. The minimum Gasteiger partial charge on any atom is -0.490 e. The highest BCUT2D eigenvalue weighted by Crippen LogP contribution is 2.30. The lowest BCUT2D eigenvalue weighted by Crippen LogP contribution is -2.26. The zero-order valence-electron chi connectivity index (χ0n) is 15.0. The number of ether oxygens (including phenoxy) is 2. The second-order valence-corrected chi connectivity index (χ2v) is 6.34.